The van der Waals surface area contributed by atoms with E-state index < -0.39 is 28.0 Å². The Bertz CT molecular complexity index is 1440. The summed E-state index contributed by atoms with van der Waals surface area (Å²) in [5.74, 6) is -0.420. The Morgan fingerprint density at radius 1 is 0.971 bits per heavy atom. The van der Waals surface area contributed by atoms with Gasteiger partial charge in [0.05, 0.1) is 15.1 Å². The van der Waals surface area contributed by atoms with E-state index in [4.69, 9.17) is 0 Å². The van der Waals surface area contributed by atoms with Crippen LogP contribution in [0.5, 0.6) is 0 Å². The molecule has 0 saturated carbocycles. The summed E-state index contributed by atoms with van der Waals surface area (Å²) in [7, 11) is -2.54. The highest BCUT2D eigenvalue weighted by atomic mass is 32.2. The van der Waals surface area contributed by atoms with Crippen molar-refractivity contribution in [1.29, 1.82) is 0 Å². The molecule has 10 heteroatoms. The zero-order valence-corrected chi connectivity index (χ0v) is 20.8. The molecule has 0 fully saturated rings. The number of aromatic nitrogens is 1. The number of likely N-dealkylation sites (N-methyl/N-ethyl adjacent to an activating group) is 1. The first-order chi connectivity index (χ1) is 16.7. The molecule has 1 heterocycles. The minimum Gasteiger partial charge on any atom is -0.325 e. The quantitative estimate of drug-likeness (QED) is 0.394. The molecule has 0 unspecified atom stereocenters. The lowest BCUT2D eigenvalue weighted by Gasteiger charge is -2.23. The second-order valence-electron chi connectivity index (χ2n) is 7.95. The predicted molar refractivity (Wildman–Crippen MR) is 137 cm³/mol. The molecule has 1 atom stereocenters. The van der Waals surface area contributed by atoms with E-state index in [1.807, 2.05) is 59.3 Å². The van der Waals surface area contributed by atoms with Gasteiger partial charge in [0.2, 0.25) is 0 Å². The molecular formula is C25H24N4O4S2. The summed E-state index contributed by atoms with van der Waals surface area (Å²) in [4.78, 5) is 32.1. The third-order valence-electron chi connectivity index (χ3n) is 5.40. The molecular weight excluding hydrogens is 484 g/mol. The van der Waals surface area contributed by atoms with Gasteiger partial charge < -0.3 is 5.32 Å². The number of rotatable bonds is 7. The summed E-state index contributed by atoms with van der Waals surface area (Å²) in [6.07, 6.45) is 0.173. The van der Waals surface area contributed by atoms with Crippen LogP contribution in [-0.2, 0) is 21.2 Å². The molecule has 4 rings (SSSR count). The Hall–Kier alpha value is -3.76. The Balaban J connectivity index is 1.56. The van der Waals surface area contributed by atoms with E-state index in [1.165, 1.54) is 22.3 Å². The first-order valence-electron chi connectivity index (χ1n) is 10.8. The van der Waals surface area contributed by atoms with Gasteiger partial charge in [-0.2, -0.15) is 0 Å². The van der Waals surface area contributed by atoms with Gasteiger partial charge in [-0.15, -0.1) is 0 Å². The third kappa shape index (κ3) is 5.67. The van der Waals surface area contributed by atoms with Gasteiger partial charge in [0.15, 0.2) is 5.13 Å². The van der Waals surface area contributed by atoms with Crippen molar-refractivity contribution < 1.29 is 18.0 Å². The predicted octanol–water partition coefficient (Wildman–Crippen LogP) is 3.87. The highest BCUT2D eigenvalue weighted by Gasteiger charge is 2.29. The van der Waals surface area contributed by atoms with Gasteiger partial charge in [-0.25, -0.2) is 22.9 Å². The number of fused-ring (bicyclic) bond motifs is 1. The molecule has 0 aliphatic carbocycles. The second-order valence-corrected chi connectivity index (χ2v) is 10.6. The lowest BCUT2D eigenvalue weighted by atomic mass is 10.1. The van der Waals surface area contributed by atoms with Crippen molar-refractivity contribution in [3.8, 4) is 0 Å². The molecule has 4 aromatic rings. The highest BCUT2D eigenvalue weighted by molar-refractivity contribution is 7.90. The van der Waals surface area contributed by atoms with Crippen LogP contribution in [0.15, 0.2) is 83.8 Å². The molecule has 1 aromatic heterocycles. The number of carbonyl (C=O) groups excluding carboxylic acids is 2. The molecule has 0 spiro atoms. The minimum atomic E-state index is -4.12. The lowest BCUT2D eigenvalue weighted by Crippen LogP contribution is -2.52. The molecule has 0 saturated heterocycles. The van der Waals surface area contributed by atoms with Crippen LogP contribution >= 0.6 is 11.3 Å². The monoisotopic (exact) mass is 508 g/mol. The van der Waals surface area contributed by atoms with Crippen LogP contribution < -0.4 is 14.9 Å². The highest BCUT2D eigenvalue weighted by Crippen LogP contribution is 2.28. The second kappa shape index (κ2) is 10.2. The van der Waals surface area contributed by atoms with Crippen LogP contribution in [0.3, 0.4) is 0 Å². The fourth-order valence-electron chi connectivity index (χ4n) is 3.60. The minimum absolute atomic E-state index is 0.00678. The summed E-state index contributed by atoms with van der Waals surface area (Å²) >= 11 is 1.35. The molecule has 8 nitrogen and oxygen atoms in total. The first-order valence-corrected chi connectivity index (χ1v) is 13.1. The van der Waals surface area contributed by atoms with Gasteiger partial charge in [0.25, 0.3) is 15.9 Å². The Morgan fingerprint density at radius 2 is 1.63 bits per heavy atom. The van der Waals surface area contributed by atoms with E-state index in [2.05, 4.69) is 10.3 Å². The van der Waals surface area contributed by atoms with Crippen molar-refractivity contribution >= 4 is 48.6 Å². The van der Waals surface area contributed by atoms with Crippen LogP contribution in [0.25, 0.3) is 10.2 Å². The number of nitrogens with zero attached hydrogens (tertiary/aromatic N) is 2. The van der Waals surface area contributed by atoms with Gasteiger partial charge in [-0.3, -0.25) is 9.69 Å². The van der Waals surface area contributed by atoms with Gasteiger partial charge in [-0.05, 0) is 36.2 Å². The van der Waals surface area contributed by atoms with Gasteiger partial charge >= 0.3 is 6.03 Å². The number of anilines is 1. The molecule has 0 aliphatic rings. The van der Waals surface area contributed by atoms with Gasteiger partial charge in [-0.1, -0.05) is 72.0 Å². The number of benzene rings is 3. The largest absolute Gasteiger partial charge is 0.329 e. The Kier molecular flexibility index (Phi) is 7.13. The number of urea groups is 1. The number of hydrogen-bond donors (Lipinski definition) is 2. The number of sulfonamides is 1. The molecule has 0 radical (unpaired) electrons. The van der Waals surface area contributed by atoms with Gasteiger partial charge in [0.1, 0.15) is 6.04 Å². The van der Waals surface area contributed by atoms with E-state index in [1.54, 1.807) is 32.2 Å². The number of nitrogens with one attached hydrogen (secondary N) is 2. The number of para-hydroxylation sites is 1. The number of carbonyl (C=O) groups is 2. The van der Waals surface area contributed by atoms with E-state index in [0.717, 1.165) is 15.8 Å². The average Bonchev–Trinajstić information content (AvgIpc) is 3.27. The molecule has 0 aliphatic heterocycles. The normalized spacial score (nSPS) is 12.2. The molecule has 3 aromatic carbocycles. The van der Waals surface area contributed by atoms with Crippen molar-refractivity contribution in [2.45, 2.75) is 24.3 Å². The summed E-state index contributed by atoms with van der Waals surface area (Å²) in [6.45, 7) is 1.64. The summed E-state index contributed by atoms with van der Waals surface area (Å²) in [6, 6.07) is 21.0. The van der Waals surface area contributed by atoms with Gasteiger partial charge in [0, 0.05) is 13.5 Å². The fraction of sp³-hybridized carbons (Fsp3) is 0.160. The Morgan fingerprint density at radius 3 is 2.34 bits per heavy atom. The Labute approximate surface area is 207 Å². The molecule has 3 amide bonds. The van der Waals surface area contributed by atoms with Crippen LogP contribution in [0.4, 0.5) is 9.93 Å². The molecule has 0 bridgehead atoms. The smallest absolute Gasteiger partial charge is 0.325 e. The number of thiazole rings is 1. The summed E-state index contributed by atoms with van der Waals surface area (Å²) in [5.41, 5.74) is 2.08. The van der Waals surface area contributed by atoms with E-state index in [-0.39, 0.29) is 11.3 Å². The maximum absolute atomic E-state index is 13.5. The van der Waals surface area contributed by atoms with Crippen LogP contribution in [0.1, 0.15) is 11.1 Å². The molecule has 180 valence electrons. The topological polar surface area (TPSA) is 108 Å². The summed E-state index contributed by atoms with van der Waals surface area (Å²) < 4.78 is 28.5. The molecule has 2 N–H and O–H groups in total. The van der Waals surface area contributed by atoms with Crippen molar-refractivity contribution in [1.82, 2.24) is 15.0 Å². The third-order valence-corrected chi connectivity index (χ3v) is 8.00. The number of aryl methyl sites for hydroxylation is 1. The molecule has 35 heavy (non-hydrogen) atoms. The van der Waals surface area contributed by atoms with Crippen molar-refractivity contribution in [2.75, 3.05) is 11.9 Å². The zero-order chi connectivity index (χ0) is 25.0. The first kappa shape index (κ1) is 24.4. The lowest BCUT2D eigenvalue weighted by molar-refractivity contribution is -0.120. The van der Waals surface area contributed by atoms with Crippen LogP contribution in [0.2, 0.25) is 0 Å². The number of hydrogen-bond acceptors (Lipinski definition) is 6. The van der Waals surface area contributed by atoms with E-state index >= 15 is 0 Å². The SMILES string of the molecule is Cc1ccccc1S(=O)(=O)NC(=O)N[C@@H](Cc1ccccc1)C(=O)N(C)c1nc2ccccc2s1. The average molecular weight is 509 g/mol. The maximum atomic E-state index is 13.5. The maximum Gasteiger partial charge on any atom is 0.329 e. The zero-order valence-electron chi connectivity index (χ0n) is 19.1. The van der Waals surface area contributed by atoms with Crippen LogP contribution in [0, 0.1) is 6.92 Å². The van der Waals surface area contributed by atoms with E-state index in [0.29, 0.717) is 10.7 Å². The number of amides is 3. The fourth-order valence-corrected chi connectivity index (χ4v) is 5.70. The van der Waals surface area contributed by atoms with Crippen molar-refractivity contribution in [3.05, 3.63) is 90.0 Å². The van der Waals surface area contributed by atoms with Crippen molar-refractivity contribution in [3.63, 3.8) is 0 Å². The van der Waals surface area contributed by atoms with Crippen LogP contribution in [-0.4, -0.2) is 38.4 Å². The standard InChI is InChI=1S/C25H24N4O4S2/c1-17-10-6-9-15-22(17)35(32,33)28-24(31)26-20(16-18-11-4-3-5-12-18)23(30)29(2)25-27-19-13-7-8-14-21(19)34-25/h3-15,20H,16H2,1-2H3,(H2,26,28,31)/t20-/m0/s1. The van der Waals surface area contributed by atoms with Crippen molar-refractivity contribution in [2.24, 2.45) is 0 Å². The van der Waals surface area contributed by atoms with E-state index in [9.17, 15) is 18.0 Å². The summed E-state index contributed by atoms with van der Waals surface area (Å²) in [5, 5.41) is 3.03.